The largest absolute Gasteiger partial charge is 0.335 e. The molecule has 0 bridgehead atoms. The van der Waals surface area contributed by atoms with Crippen LogP contribution < -0.4 is 5.32 Å². The number of nitrogens with zero attached hydrogens (tertiary/aromatic N) is 6. The van der Waals surface area contributed by atoms with E-state index in [0.717, 1.165) is 16.8 Å². The van der Waals surface area contributed by atoms with Gasteiger partial charge in [-0.15, -0.1) is 0 Å². The van der Waals surface area contributed by atoms with Gasteiger partial charge in [0, 0.05) is 30.0 Å². The highest BCUT2D eigenvalue weighted by molar-refractivity contribution is 6.30. The first kappa shape index (κ1) is 20.9. The van der Waals surface area contributed by atoms with Crippen molar-refractivity contribution in [1.29, 1.82) is 0 Å². The minimum atomic E-state index is -0.303. The third-order valence-electron chi connectivity index (χ3n) is 5.30. The van der Waals surface area contributed by atoms with Crippen LogP contribution in [0.2, 0.25) is 5.02 Å². The third-order valence-corrected chi connectivity index (χ3v) is 5.55. The molecule has 5 aromatic rings. The second-order valence-electron chi connectivity index (χ2n) is 7.81. The number of hydrogen-bond acceptors (Lipinski definition) is 6. The van der Waals surface area contributed by atoms with E-state index in [-0.39, 0.29) is 5.91 Å². The Bertz CT molecular complexity index is 1480. The quantitative estimate of drug-likeness (QED) is 0.416. The Hall–Kier alpha value is -3.98. The first-order valence-corrected chi connectivity index (χ1v) is 10.6. The predicted octanol–water partition coefficient (Wildman–Crippen LogP) is 4.39. The van der Waals surface area contributed by atoms with Gasteiger partial charge in [-0.3, -0.25) is 14.2 Å². The molecule has 0 aliphatic heterocycles. The zero-order valence-electron chi connectivity index (χ0n) is 18.2. The summed E-state index contributed by atoms with van der Waals surface area (Å²) >= 11 is 5.95. The summed E-state index contributed by atoms with van der Waals surface area (Å²) in [7, 11) is 1.84. The molecule has 4 heterocycles. The average Bonchev–Trinajstić information content (AvgIpc) is 3.48. The highest BCUT2D eigenvalue weighted by Gasteiger charge is 2.21. The van der Waals surface area contributed by atoms with Crippen molar-refractivity contribution in [2.24, 2.45) is 7.05 Å². The van der Waals surface area contributed by atoms with Gasteiger partial charge >= 0.3 is 0 Å². The van der Waals surface area contributed by atoms with Gasteiger partial charge in [0.2, 0.25) is 0 Å². The number of carbonyl (C=O) groups is 1. The van der Waals surface area contributed by atoms with E-state index in [4.69, 9.17) is 16.1 Å². The first-order valence-electron chi connectivity index (χ1n) is 10.2. The summed E-state index contributed by atoms with van der Waals surface area (Å²) in [4.78, 5) is 17.8. The maximum absolute atomic E-state index is 13.3. The molecule has 9 nitrogen and oxygen atoms in total. The Labute approximate surface area is 194 Å². The summed E-state index contributed by atoms with van der Waals surface area (Å²) in [5.41, 5.74) is 5.15. The number of rotatable bonds is 5. The van der Waals surface area contributed by atoms with Gasteiger partial charge in [0.1, 0.15) is 0 Å². The van der Waals surface area contributed by atoms with Crippen LogP contribution in [-0.4, -0.2) is 35.6 Å². The fourth-order valence-electron chi connectivity index (χ4n) is 3.75. The number of halogens is 1. The van der Waals surface area contributed by atoms with Gasteiger partial charge in [-0.2, -0.15) is 10.2 Å². The molecule has 0 spiro atoms. The van der Waals surface area contributed by atoms with E-state index in [2.05, 4.69) is 25.7 Å². The molecule has 10 heteroatoms. The molecule has 0 aliphatic rings. The molecule has 0 saturated heterocycles. The number of benzene rings is 1. The number of aryl methyl sites for hydroxylation is 3. The second-order valence-corrected chi connectivity index (χ2v) is 8.25. The Morgan fingerprint density at radius 2 is 1.94 bits per heavy atom. The van der Waals surface area contributed by atoms with Crippen LogP contribution in [0.25, 0.3) is 22.4 Å². The lowest BCUT2D eigenvalue weighted by molar-refractivity contribution is 0.102. The molecule has 33 heavy (non-hydrogen) atoms. The van der Waals surface area contributed by atoms with Crippen LogP contribution in [0.4, 0.5) is 5.69 Å². The molecule has 0 fully saturated rings. The molecule has 1 aromatic carbocycles. The molecule has 0 unspecified atom stereocenters. The lowest BCUT2D eigenvalue weighted by Crippen LogP contribution is -2.13. The van der Waals surface area contributed by atoms with Crippen molar-refractivity contribution in [3.8, 4) is 11.3 Å². The molecule has 0 radical (unpaired) electrons. The Morgan fingerprint density at radius 1 is 1.15 bits per heavy atom. The molecule has 1 N–H and O–H groups in total. The molecule has 1 amide bonds. The summed E-state index contributed by atoms with van der Waals surface area (Å²) < 4.78 is 8.83. The van der Waals surface area contributed by atoms with Gasteiger partial charge in [0.15, 0.2) is 0 Å². The van der Waals surface area contributed by atoms with E-state index < -0.39 is 0 Å². The van der Waals surface area contributed by atoms with Crippen molar-refractivity contribution >= 4 is 34.3 Å². The Kier molecular flexibility index (Phi) is 5.18. The van der Waals surface area contributed by atoms with Gasteiger partial charge < -0.3 is 9.84 Å². The lowest BCUT2D eigenvalue weighted by atomic mass is 10.1. The summed E-state index contributed by atoms with van der Waals surface area (Å²) in [6, 6.07) is 9.28. The standard InChI is InChI=1S/C23H20ClN7O2/c1-13-19(12-30(3)28-13)20-8-18(21-14(2)29-33-23(21)27-20)22(32)26-17-9-25-31(11-17)10-15-4-6-16(24)7-5-15/h4-9,11-12H,10H2,1-3H3,(H,26,32). The number of carbonyl (C=O) groups excluding carboxylic acids is 1. The minimum absolute atomic E-state index is 0.303. The lowest BCUT2D eigenvalue weighted by Gasteiger charge is -2.07. The highest BCUT2D eigenvalue weighted by atomic mass is 35.5. The van der Waals surface area contributed by atoms with Crippen LogP contribution in [0.3, 0.4) is 0 Å². The molecule has 4 aromatic heterocycles. The molecule has 5 rings (SSSR count). The van der Waals surface area contributed by atoms with E-state index in [1.54, 1.807) is 34.7 Å². The van der Waals surface area contributed by atoms with Gasteiger partial charge in [-0.1, -0.05) is 28.9 Å². The smallest absolute Gasteiger partial charge is 0.259 e. The fraction of sp³-hybridized carbons (Fsp3) is 0.174. The summed E-state index contributed by atoms with van der Waals surface area (Å²) in [6.07, 6.45) is 5.24. The van der Waals surface area contributed by atoms with Crippen LogP contribution in [-0.2, 0) is 13.6 Å². The van der Waals surface area contributed by atoms with Gasteiger partial charge in [0.25, 0.3) is 11.6 Å². The van der Waals surface area contributed by atoms with E-state index in [1.165, 1.54) is 0 Å². The predicted molar refractivity (Wildman–Crippen MR) is 124 cm³/mol. The summed E-state index contributed by atoms with van der Waals surface area (Å²) in [5, 5.41) is 16.9. The van der Waals surface area contributed by atoms with Gasteiger partial charge in [-0.05, 0) is 37.6 Å². The number of aromatic nitrogens is 6. The van der Waals surface area contributed by atoms with Crippen molar-refractivity contribution in [2.45, 2.75) is 20.4 Å². The van der Waals surface area contributed by atoms with Crippen LogP contribution in [0.5, 0.6) is 0 Å². The zero-order chi connectivity index (χ0) is 23.1. The van der Waals surface area contributed by atoms with Crippen LogP contribution in [0, 0.1) is 13.8 Å². The Morgan fingerprint density at radius 3 is 2.67 bits per heavy atom. The normalized spacial score (nSPS) is 11.3. The molecule has 0 aliphatic carbocycles. The monoisotopic (exact) mass is 461 g/mol. The number of amides is 1. The van der Waals surface area contributed by atoms with E-state index >= 15 is 0 Å². The maximum Gasteiger partial charge on any atom is 0.259 e. The first-order chi connectivity index (χ1) is 15.9. The highest BCUT2D eigenvalue weighted by Crippen LogP contribution is 2.29. The second kappa shape index (κ2) is 8.18. The van der Waals surface area contributed by atoms with Gasteiger partial charge in [0.05, 0.1) is 46.5 Å². The molecular formula is C23H20ClN7O2. The number of anilines is 1. The Balaban J connectivity index is 1.45. The van der Waals surface area contributed by atoms with Crippen molar-refractivity contribution in [1.82, 2.24) is 29.7 Å². The number of hydrogen-bond donors (Lipinski definition) is 1. The molecule has 0 saturated carbocycles. The minimum Gasteiger partial charge on any atom is -0.335 e. The fourth-order valence-corrected chi connectivity index (χ4v) is 3.88. The van der Waals surface area contributed by atoms with Crippen LogP contribution >= 0.6 is 11.6 Å². The van der Waals surface area contributed by atoms with E-state index in [1.807, 2.05) is 44.4 Å². The molecule has 166 valence electrons. The maximum atomic E-state index is 13.3. The number of pyridine rings is 1. The summed E-state index contributed by atoms with van der Waals surface area (Å²) in [6.45, 7) is 4.23. The number of fused-ring (bicyclic) bond motifs is 1. The van der Waals surface area contributed by atoms with Gasteiger partial charge in [-0.25, -0.2) is 4.98 Å². The van der Waals surface area contributed by atoms with Crippen molar-refractivity contribution in [3.63, 3.8) is 0 Å². The van der Waals surface area contributed by atoms with Crippen molar-refractivity contribution < 1.29 is 9.32 Å². The SMILES string of the molecule is Cc1nn(C)cc1-c1cc(C(=O)Nc2cnn(Cc3ccc(Cl)cc3)c2)c2c(C)noc2n1. The number of nitrogens with one attached hydrogen (secondary N) is 1. The van der Waals surface area contributed by atoms with Crippen molar-refractivity contribution in [2.75, 3.05) is 5.32 Å². The molecule has 0 atom stereocenters. The molecular weight excluding hydrogens is 442 g/mol. The zero-order valence-corrected chi connectivity index (χ0v) is 19.0. The summed E-state index contributed by atoms with van der Waals surface area (Å²) in [5.74, 6) is -0.303. The van der Waals surface area contributed by atoms with Crippen molar-refractivity contribution in [3.05, 3.63) is 76.5 Å². The van der Waals surface area contributed by atoms with Crippen LogP contribution in [0.15, 0.2) is 53.4 Å². The topological polar surface area (TPSA) is 104 Å². The van der Waals surface area contributed by atoms with E-state index in [0.29, 0.717) is 45.3 Å². The third kappa shape index (κ3) is 4.10. The average molecular weight is 462 g/mol. The van der Waals surface area contributed by atoms with Crippen LogP contribution in [0.1, 0.15) is 27.3 Å². The van der Waals surface area contributed by atoms with E-state index in [9.17, 15) is 4.79 Å².